The molecule has 0 heterocycles. The average Bonchev–Trinajstić information content (AvgIpc) is 2.64. The summed E-state index contributed by atoms with van der Waals surface area (Å²) in [5, 5.41) is 5.64. The largest absolute Gasteiger partial charge is 0.334 e. The molecule has 0 bridgehead atoms. The topological polar surface area (TPSA) is 87.3 Å². The van der Waals surface area contributed by atoms with Crippen molar-refractivity contribution in [3.63, 3.8) is 0 Å². The standard InChI is InChI=1S/C22H29N3O3S/c1-6-18-13-17(9-12-20(18)25-29(5,27)28)15-24-21(26)23-14-16-7-10-19(11-8-16)22(2,3)4/h6-13,25H,1,14-15H2,2-5H3,(H2,23,24,26). The van der Waals surface area contributed by atoms with Crippen LogP contribution in [0.15, 0.2) is 49.0 Å². The molecule has 0 spiro atoms. The first-order valence-electron chi connectivity index (χ1n) is 9.32. The van der Waals surface area contributed by atoms with Crippen molar-refractivity contribution in [2.45, 2.75) is 39.3 Å². The lowest BCUT2D eigenvalue weighted by molar-refractivity contribution is 0.240. The summed E-state index contributed by atoms with van der Waals surface area (Å²) in [4.78, 5) is 12.1. The fourth-order valence-electron chi connectivity index (χ4n) is 2.73. The van der Waals surface area contributed by atoms with Crippen LogP contribution in [0, 0.1) is 0 Å². The summed E-state index contributed by atoms with van der Waals surface area (Å²) in [6.45, 7) is 10.9. The first-order valence-corrected chi connectivity index (χ1v) is 11.2. The van der Waals surface area contributed by atoms with Crippen molar-refractivity contribution in [2.24, 2.45) is 0 Å². The molecule has 0 fully saturated rings. The summed E-state index contributed by atoms with van der Waals surface area (Å²) in [6, 6.07) is 13.1. The van der Waals surface area contributed by atoms with Gasteiger partial charge in [-0.15, -0.1) is 0 Å². The van der Waals surface area contributed by atoms with Crippen molar-refractivity contribution in [1.29, 1.82) is 0 Å². The molecule has 0 saturated carbocycles. The molecule has 0 unspecified atom stereocenters. The van der Waals surface area contributed by atoms with Crippen LogP contribution in [0.5, 0.6) is 0 Å². The molecule has 0 aliphatic carbocycles. The molecular formula is C22H29N3O3S. The quantitative estimate of drug-likeness (QED) is 0.639. The van der Waals surface area contributed by atoms with Gasteiger partial charge in [-0.25, -0.2) is 13.2 Å². The molecule has 0 atom stereocenters. The number of benzene rings is 2. The second-order valence-corrected chi connectivity index (χ2v) is 9.73. The summed E-state index contributed by atoms with van der Waals surface area (Å²) in [5.74, 6) is 0. The van der Waals surface area contributed by atoms with E-state index in [1.807, 2.05) is 12.1 Å². The first kappa shape index (κ1) is 22.5. The molecule has 7 heteroatoms. The lowest BCUT2D eigenvalue weighted by Crippen LogP contribution is -2.34. The van der Waals surface area contributed by atoms with Gasteiger partial charge >= 0.3 is 6.03 Å². The van der Waals surface area contributed by atoms with E-state index in [2.05, 4.69) is 54.8 Å². The van der Waals surface area contributed by atoms with Crippen molar-refractivity contribution in [2.75, 3.05) is 11.0 Å². The zero-order valence-corrected chi connectivity index (χ0v) is 18.2. The van der Waals surface area contributed by atoms with Gasteiger partial charge in [-0.3, -0.25) is 4.72 Å². The lowest BCUT2D eigenvalue weighted by Gasteiger charge is -2.19. The van der Waals surface area contributed by atoms with Gasteiger partial charge in [0.15, 0.2) is 0 Å². The molecule has 0 aliphatic rings. The Hall–Kier alpha value is -2.80. The minimum atomic E-state index is -3.37. The van der Waals surface area contributed by atoms with E-state index in [4.69, 9.17) is 0 Å². The Bertz CT molecular complexity index is 975. The first-order chi connectivity index (χ1) is 13.5. The highest BCUT2D eigenvalue weighted by Crippen LogP contribution is 2.22. The summed E-state index contributed by atoms with van der Waals surface area (Å²) in [7, 11) is -3.37. The van der Waals surface area contributed by atoms with Gasteiger partial charge in [0.05, 0.1) is 11.9 Å². The Labute approximate surface area is 173 Å². The molecule has 2 aromatic rings. The van der Waals surface area contributed by atoms with E-state index in [1.54, 1.807) is 24.3 Å². The van der Waals surface area contributed by atoms with Crippen LogP contribution in [0.25, 0.3) is 6.08 Å². The van der Waals surface area contributed by atoms with Gasteiger partial charge in [0, 0.05) is 13.1 Å². The number of urea groups is 1. The number of sulfonamides is 1. The Balaban J connectivity index is 1.89. The van der Waals surface area contributed by atoms with Crippen molar-refractivity contribution in [3.05, 3.63) is 71.3 Å². The maximum Gasteiger partial charge on any atom is 0.315 e. The molecule has 156 valence electrons. The average molecular weight is 416 g/mol. The number of carbonyl (C=O) groups is 1. The number of nitrogens with one attached hydrogen (secondary N) is 3. The Morgan fingerprint density at radius 3 is 2.07 bits per heavy atom. The van der Waals surface area contributed by atoms with Crippen molar-refractivity contribution >= 4 is 27.8 Å². The minimum absolute atomic E-state index is 0.0972. The van der Waals surface area contributed by atoms with Crippen LogP contribution in [0.4, 0.5) is 10.5 Å². The Morgan fingerprint density at radius 2 is 1.55 bits per heavy atom. The lowest BCUT2D eigenvalue weighted by atomic mass is 9.87. The number of anilines is 1. The number of carbonyl (C=O) groups excluding carboxylic acids is 1. The molecule has 29 heavy (non-hydrogen) atoms. The fraction of sp³-hybridized carbons (Fsp3) is 0.318. The van der Waals surface area contributed by atoms with Crippen LogP contribution >= 0.6 is 0 Å². The Morgan fingerprint density at radius 1 is 1.00 bits per heavy atom. The highest BCUT2D eigenvalue weighted by molar-refractivity contribution is 7.92. The van der Waals surface area contributed by atoms with Crippen LogP contribution in [-0.2, 0) is 28.5 Å². The van der Waals surface area contributed by atoms with Gasteiger partial charge < -0.3 is 10.6 Å². The van der Waals surface area contributed by atoms with E-state index >= 15 is 0 Å². The maximum atomic E-state index is 12.1. The fourth-order valence-corrected chi connectivity index (χ4v) is 3.32. The van der Waals surface area contributed by atoms with Gasteiger partial charge in [0.1, 0.15) is 0 Å². The summed E-state index contributed by atoms with van der Waals surface area (Å²) in [5.41, 5.74) is 4.31. The number of hydrogen-bond acceptors (Lipinski definition) is 3. The van der Waals surface area contributed by atoms with E-state index in [0.717, 1.165) is 17.4 Å². The van der Waals surface area contributed by atoms with E-state index < -0.39 is 10.0 Å². The number of hydrogen-bond donors (Lipinski definition) is 3. The predicted molar refractivity (Wildman–Crippen MR) is 119 cm³/mol. The molecule has 0 saturated heterocycles. The van der Waals surface area contributed by atoms with E-state index in [-0.39, 0.29) is 11.4 Å². The van der Waals surface area contributed by atoms with Gasteiger partial charge in [0.25, 0.3) is 0 Å². The third-order valence-corrected chi connectivity index (χ3v) is 4.95. The van der Waals surface area contributed by atoms with Gasteiger partial charge in [-0.1, -0.05) is 63.8 Å². The van der Waals surface area contributed by atoms with E-state index in [0.29, 0.717) is 24.3 Å². The second-order valence-electron chi connectivity index (χ2n) is 7.98. The van der Waals surface area contributed by atoms with Gasteiger partial charge in [-0.05, 0) is 39.8 Å². The smallest absolute Gasteiger partial charge is 0.315 e. The van der Waals surface area contributed by atoms with Gasteiger partial charge in [0.2, 0.25) is 10.0 Å². The zero-order valence-electron chi connectivity index (χ0n) is 17.4. The molecule has 0 radical (unpaired) electrons. The molecular weight excluding hydrogens is 386 g/mol. The molecule has 3 N–H and O–H groups in total. The highest BCUT2D eigenvalue weighted by Gasteiger charge is 2.13. The van der Waals surface area contributed by atoms with Crippen LogP contribution in [0.1, 0.15) is 43.0 Å². The predicted octanol–water partition coefficient (Wildman–Crippen LogP) is 4.00. The van der Waals surface area contributed by atoms with Gasteiger partial charge in [-0.2, -0.15) is 0 Å². The van der Waals surface area contributed by atoms with Crippen LogP contribution < -0.4 is 15.4 Å². The number of rotatable bonds is 7. The minimum Gasteiger partial charge on any atom is -0.334 e. The van der Waals surface area contributed by atoms with Crippen LogP contribution in [0.3, 0.4) is 0 Å². The summed E-state index contributed by atoms with van der Waals surface area (Å²) in [6.07, 6.45) is 2.66. The maximum absolute atomic E-state index is 12.1. The van der Waals surface area contributed by atoms with Crippen molar-refractivity contribution in [3.8, 4) is 0 Å². The monoisotopic (exact) mass is 415 g/mol. The van der Waals surface area contributed by atoms with Crippen molar-refractivity contribution in [1.82, 2.24) is 10.6 Å². The molecule has 6 nitrogen and oxygen atoms in total. The molecule has 0 aromatic heterocycles. The summed E-state index contributed by atoms with van der Waals surface area (Å²) >= 11 is 0. The highest BCUT2D eigenvalue weighted by atomic mass is 32.2. The Kier molecular flexibility index (Phi) is 7.08. The van der Waals surface area contributed by atoms with Crippen LogP contribution in [-0.4, -0.2) is 20.7 Å². The SMILES string of the molecule is C=Cc1cc(CNC(=O)NCc2ccc(C(C)(C)C)cc2)ccc1NS(C)(=O)=O. The normalized spacial score (nSPS) is 11.6. The van der Waals surface area contributed by atoms with E-state index in [1.165, 1.54) is 5.56 Å². The second kappa shape index (κ2) is 9.13. The van der Waals surface area contributed by atoms with Crippen LogP contribution in [0.2, 0.25) is 0 Å². The third kappa shape index (κ3) is 7.27. The molecule has 2 amide bonds. The summed E-state index contributed by atoms with van der Waals surface area (Å²) < 4.78 is 25.3. The zero-order chi connectivity index (χ0) is 21.7. The van der Waals surface area contributed by atoms with E-state index in [9.17, 15) is 13.2 Å². The molecule has 0 aliphatic heterocycles. The third-order valence-electron chi connectivity index (χ3n) is 4.36. The number of amides is 2. The van der Waals surface area contributed by atoms with Crippen molar-refractivity contribution < 1.29 is 13.2 Å². The molecule has 2 rings (SSSR count). The molecule has 2 aromatic carbocycles.